The minimum Gasteiger partial charge on any atom is -0.271 e. The van der Waals surface area contributed by atoms with Crippen molar-refractivity contribution in [3.63, 3.8) is 0 Å². The number of nitrogens with one attached hydrogen (secondary N) is 1. The lowest BCUT2D eigenvalue weighted by Crippen LogP contribution is -2.29. The highest BCUT2D eigenvalue weighted by Crippen LogP contribution is 2.31. The number of benzene rings is 2. The molecular weight excluding hydrogens is 287 g/mol. The second-order valence-corrected chi connectivity index (χ2v) is 6.49. The summed E-state index contributed by atoms with van der Waals surface area (Å²) in [6, 6.07) is 12.5. The summed E-state index contributed by atoms with van der Waals surface area (Å²) in [5.41, 5.74) is 5.59. The van der Waals surface area contributed by atoms with Gasteiger partial charge in [-0.2, -0.15) is 0 Å². The number of halogens is 2. The lowest BCUT2D eigenvalue weighted by atomic mass is 9.86. The normalized spacial score (nSPS) is 13.2. The van der Waals surface area contributed by atoms with Gasteiger partial charge in [-0.25, -0.2) is 9.82 Å². The molecule has 1 unspecified atom stereocenters. The van der Waals surface area contributed by atoms with Crippen molar-refractivity contribution in [1.29, 1.82) is 0 Å². The summed E-state index contributed by atoms with van der Waals surface area (Å²) in [5, 5.41) is 0.0975. The van der Waals surface area contributed by atoms with Gasteiger partial charge in [-0.15, -0.1) is 0 Å². The highest BCUT2D eigenvalue weighted by Gasteiger charge is 2.19. The number of hydrogen-bond acceptors (Lipinski definition) is 2. The summed E-state index contributed by atoms with van der Waals surface area (Å²) in [6.45, 7) is 6.47. The van der Waals surface area contributed by atoms with Gasteiger partial charge in [-0.3, -0.25) is 5.84 Å². The molecule has 0 aliphatic carbocycles. The molecule has 2 aromatic rings. The maximum Gasteiger partial charge on any atom is 0.142 e. The maximum atomic E-state index is 13.6. The molecule has 112 valence electrons. The zero-order chi connectivity index (χ0) is 15.6. The first-order valence-electron chi connectivity index (χ1n) is 6.85. The second-order valence-electron chi connectivity index (χ2n) is 6.11. The summed E-state index contributed by atoms with van der Waals surface area (Å²) < 4.78 is 13.6. The Morgan fingerprint density at radius 1 is 1.10 bits per heavy atom. The molecule has 4 heteroatoms. The van der Waals surface area contributed by atoms with E-state index in [2.05, 4.69) is 38.3 Å². The van der Waals surface area contributed by atoms with E-state index in [-0.39, 0.29) is 16.5 Å². The number of hydrogen-bond donors (Lipinski definition) is 2. The molecule has 2 aromatic carbocycles. The third kappa shape index (κ3) is 3.43. The van der Waals surface area contributed by atoms with Crippen LogP contribution in [-0.2, 0) is 5.41 Å². The van der Waals surface area contributed by atoms with Gasteiger partial charge in [0.05, 0.1) is 11.1 Å². The van der Waals surface area contributed by atoms with E-state index < -0.39 is 5.82 Å². The van der Waals surface area contributed by atoms with Crippen LogP contribution in [0.3, 0.4) is 0 Å². The number of nitrogens with two attached hydrogens (primary N) is 1. The molecule has 0 aliphatic rings. The van der Waals surface area contributed by atoms with Gasteiger partial charge in [0.25, 0.3) is 0 Å². The monoisotopic (exact) mass is 306 g/mol. The quantitative estimate of drug-likeness (QED) is 0.654. The fraction of sp³-hybridized carbons (Fsp3) is 0.294. The number of hydrazine groups is 1. The van der Waals surface area contributed by atoms with Crippen LogP contribution in [0.25, 0.3) is 0 Å². The fourth-order valence-electron chi connectivity index (χ4n) is 2.28. The Morgan fingerprint density at radius 2 is 1.71 bits per heavy atom. The zero-order valence-corrected chi connectivity index (χ0v) is 13.2. The topological polar surface area (TPSA) is 38.0 Å². The fourth-order valence-corrected chi connectivity index (χ4v) is 2.52. The average Bonchev–Trinajstić information content (AvgIpc) is 2.44. The summed E-state index contributed by atoms with van der Waals surface area (Å²) in [4.78, 5) is 0. The third-order valence-corrected chi connectivity index (χ3v) is 3.97. The van der Waals surface area contributed by atoms with Gasteiger partial charge in [-0.05, 0) is 28.2 Å². The van der Waals surface area contributed by atoms with Crippen molar-refractivity contribution in [1.82, 2.24) is 5.43 Å². The van der Waals surface area contributed by atoms with Crippen molar-refractivity contribution in [3.05, 3.63) is 70.0 Å². The largest absolute Gasteiger partial charge is 0.271 e. The summed E-state index contributed by atoms with van der Waals surface area (Å²) in [5.74, 6) is 5.20. The van der Waals surface area contributed by atoms with Crippen molar-refractivity contribution in [2.24, 2.45) is 5.84 Å². The Hall–Kier alpha value is -1.42. The van der Waals surface area contributed by atoms with Gasteiger partial charge in [0.15, 0.2) is 0 Å². The van der Waals surface area contributed by atoms with Crippen LogP contribution in [-0.4, -0.2) is 0 Å². The molecule has 0 saturated heterocycles. The molecule has 0 radical (unpaired) electrons. The minimum absolute atomic E-state index is 0.0840. The lowest BCUT2D eigenvalue weighted by Gasteiger charge is -2.22. The SMILES string of the molecule is CC(C)(C)c1ccc(C(NN)c2cccc(F)c2Cl)cc1. The van der Waals surface area contributed by atoms with Gasteiger partial charge in [-0.1, -0.05) is 68.8 Å². The van der Waals surface area contributed by atoms with Gasteiger partial charge in [0, 0.05) is 0 Å². The molecule has 1 atom stereocenters. The van der Waals surface area contributed by atoms with E-state index in [0.717, 1.165) is 5.56 Å². The molecule has 3 N–H and O–H groups in total. The van der Waals surface area contributed by atoms with Crippen LogP contribution in [0.5, 0.6) is 0 Å². The molecule has 21 heavy (non-hydrogen) atoms. The predicted molar refractivity (Wildman–Crippen MR) is 85.7 cm³/mol. The standard InChI is InChI=1S/C17H20ClFN2/c1-17(2,3)12-9-7-11(8-10-12)16(21-20)13-5-4-6-14(19)15(13)18/h4-10,16,21H,20H2,1-3H3. The van der Waals surface area contributed by atoms with Crippen LogP contribution in [0, 0.1) is 5.82 Å². The van der Waals surface area contributed by atoms with E-state index in [1.165, 1.54) is 11.6 Å². The van der Waals surface area contributed by atoms with Crippen molar-refractivity contribution < 1.29 is 4.39 Å². The minimum atomic E-state index is -0.444. The van der Waals surface area contributed by atoms with Crippen molar-refractivity contribution in [2.75, 3.05) is 0 Å². The summed E-state index contributed by atoms with van der Waals surface area (Å²) >= 11 is 6.05. The molecular formula is C17H20ClFN2. The maximum absolute atomic E-state index is 13.6. The van der Waals surface area contributed by atoms with Crippen LogP contribution in [0.2, 0.25) is 5.02 Å². The van der Waals surface area contributed by atoms with E-state index in [1.54, 1.807) is 12.1 Å². The van der Waals surface area contributed by atoms with E-state index >= 15 is 0 Å². The molecule has 0 amide bonds. The first kappa shape index (κ1) is 16.0. The Labute approximate surface area is 130 Å². The molecule has 0 aliphatic heterocycles. The van der Waals surface area contributed by atoms with E-state index in [1.807, 2.05) is 12.1 Å². The van der Waals surface area contributed by atoms with Gasteiger partial charge in [0.1, 0.15) is 5.82 Å². The van der Waals surface area contributed by atoms with Gasteiger partial charge < -0.3 is 0 Å². The Kier molecular flexibility index (Phi) is 4.67. The first-order chi connectivity index (χ1) is 9.84. The molecule has 0 saturated carbocycles. The van der Waals surface area contributed by atoms with Crippen LogP contribution in [0.15, 0.2) is 42.5 Å². The van der Waals surface area contributed by atoms with Crippen LogP contribution in [0.4, 0.5) is 4.39 Å². The second kappa shape index (κ2) is 6.14. The molecule has 0 bridgehead atoms. The molecule has 0 aromatic heterocycles. The van der Waals surface area contributed by atoms with E-state index in [9.17, 15) is 4.39 Å². The Morgan fingerprint density at radius 3 is 2.24 bits per heavy atom. The lowest BCUT2D eigenvalue weighted by molar-refractivity contribution is 0.587. The molecule has 0 fully saturated rings. The number of rotatable bonds is 3. The van der Waals surface area contributed by atoms with Gasteiger partial charge in [0.2, 0.25) is 0 Å². The van der Waals surface area contributed by atoms with Crippen molar-refractivity contribution in [2.45, 2.75) is 32.2 Å². The van der Waals surface area contributed by atoms with Crippen molar-refractivity contribution in [3.8, 4) is 0 Å². The summed E-state index contributed by atoms with van der Waals surface area (Å²) in [6.07, 6.45) is 0. The summed E-state index contributed by atoms with van der Waals surface area (Å²) in [7, 11) is 0. The third-order valence-electron chi connectivity index (χ3n) is 3.57. The Balaban J connectivity index is 2.40. The van der Waals surface area contributed by atoms with Crippen LogP contribution < -0.4 is 11.3 Å². The molecule has 0 heterocycles. The molecule has 0 spiro atoms. The first-order valence-corrected chi connectivity index (χ1v) is 7.23. The average molecular weight is 307 g/mol. The van der Waals surface area contributed by atoms with Crippen molar-refractivity contribution >= 4 is 11.6 Å². The van der Waals surface area contributed by atoms with Crippen LogP contribution >= 0.6 is 11.6 Å². The smallest absolute Gasteiger partial charge is 0.142 e. The molecule has 2 rings (SSSR count). The highest BCUT2D eigenvalue weighted by atomic mass is 35.5. The van der Waals surface area contributed by atoms with E-state index in [0.29, 0.717) is 5.56 Å². The predicted octanol–water partition coefficient (Wildman–Crippen LogP) is 4.33. The van der Waals surface area contributed by atoms with Gasteiger partial charge >= 0.3 is 0 Å². The Bertz CT molecular complexity index is 618. The van der Waals surface area contributed by atoms with Crippen LogP contribution in [0.1, 0.15) is 43.5 Å². The van der Waals surface area contributed by atoms with E-state index in [4.69, 9.17) is 17.4 Å². The highest BCUT2D eigenvalue weighted by molar-refractivity contribution is 6.31. The molecule has 2 nitrogen and oxygen atoms in total. The zero-order valence-electron chi connectivity index (χ0n) is 12.5.